The highest BCUT2D eigenvalue weighted by atomic mass is 32.1. The fourth-order valence-electron chi connectivity index (χ4n) is 0.948. The van der Waals surface area contributed by atoms with E-state index in [9.17, 15) is 0 Å². The van der Waals surface area contributed by atoms with Crippen LogP contribution in [0, 0.1) is 6.92 Å². The van der Waals surface area contributed by atoms with Gasteiger partial charge in [0, 0.05) is 5.38 Å². The monoisotopic (exact) mass is 187 g/mol. The number of hydrogen-bond acceptors (Lipinski definition) is 3. The minimum Gasteiger partial charge on any atom is -0.246 e. The van der Waals surface area contributed by atoms with Gasteiger partial charge in [-0.1, -0.05) is 6.92 Å². The first-order chi connectivity index (χ1) is 5.24. The summed E-state index contributed by atoms with van der Waals surface area (Å²) in [6, 6.07) is 0. The lowest BCUT2D eigenvalue weighted by Crippen LogP contribution is -1.94. The standard InChI is InChI=1S/C8H13NS2/c1-6(3-4-10)8-5-11-7(2)9-8/h5-6,10H,3-4H2,1-2H3. The van der Waals surface area contributed by atoms with Gasteiger partial charge >= 0.3 is 0 Å². The Kier molecular flexibility index (Phi) is 3.40. The maximum atomic E-state index is 4.41. The van der Waals surface area contributed by atoms with Crippen molar-refractivity contribution in [2.75, 3.05) is 5.75 Å². The third-order valence-electron chi connectivity index (χ3n) is 1.70. The van der Waals surface area contributed by atoms with Crippen LogP contribution in [0.2, 0.25) is 0 Å². The third-order valence-corrected chi connectivity index (χ3v) is 2.75. The van der Waals surface area contributed by atoms with Crippen molar-refractivity contribution in [2.24, 2.45) is 0 Å². The smallest absolute Gasteiger partial charge is 0.0897 e. The van der Waals surface area contributed by atoms with Gasteiger partial charge in [-0.3, -0.25) is 0 Å². The van der Waals surface area contributed by atoms with Crippen molar-refractivity contribution >= 4 is 24.0 Å². The lowest BCUT2D eigenvalue weighted by molar-refractivity contribution is 0.719. The zero-order valence-corrected chi connectivity index (χ0v) is 8.58. The van der Waals surface area contributed by atoms with E-state index in [0.29, 0.717) is 5.92 Å². The lowest BCUT2D eigenvalue weighted by atomic mass is 10.1. The van der Waals surface area contributed by atoms with Crippen molar-refractivity contribution in [1.82, 2.24) is 4.98 Å². The quantitative estimate of drug-likeness (QED) is 0.718. The van der Waals surface area contributed by atoms with Crippen molar-refractivity contribution in [3.63, 3.8) is 0 Å². The molecule has 62 valence electrons. The van der Waals surface area contributed by atoms with E-state index < -0.39 is 0 Å². The Balaban J connectivity index is 2.60. The molecule has 0 aliphatic rings. The second-order valence-electron chi connectivity index (χ2n) is 2.70. The number of nitrogens with zero attached hydrogens (tertiary/aromatic N) is 1. The second-order valence-corrected chi connectivity index (χ2v) is 4.21. The molecule has 0 spiro atoms. The number of aryl methyl sites for hydroxylation is 1. The van der Waals surface area contributed by atoms with Crippen molar-refractivity contribution < 1.29 is 0 Å². The van der Waals surface area contributed by atoms with E-state index in [-0.39, 0.29) is 0 Å². The fourth-order valence-corrected chi connectivity index (χ4v) is 2.07. The topological polar surface area (TPSA) is 12.9 Å². The van der Waals surface area contributed by atoms with Crippen LogP contribution in [0.25, 0.3) is 0 Å². The molecule has 1 unspecified atom stereocenters. The molecule has 11 heavy (non-hydrogen) atoms. The molecule has 1 aromatic heterocycles. The molecule has 0 N–H and O–H groups in total. The molecule has 0 aliphatic carbocycles. The molecular weight excluding hydrogens is 174 g/mol. The van der Waals surface area contributed by atoms with Gasteiger partial charge in [0.25, 0.3) is 0 Å². The van der Waals surface area contributed by atoms with Gasteiger partial charge in [0.05, 0.1) is 10.7 Å². The van der Waals surface area contributed by atoms with Crippen LogP contribution in [0.3, 0.4) is 0 Å². The van der Waals surface area contributed by atoms with Crippen LogP contribution in [-0.2, 0) is 0 Å². The maximum Gasteiger partial charge on any atom is 0.0897 e. The minimum atomic E-state index is 0.567. The van der Waals surface area contributed by atoms with E-state index in [4.69, 9.17) is 0 Å². The Morgan fingerprint density at radius 2 is 2.45 bits per heavy atom. The molecule has 0 aliphatic heterocycles. The molecule has 0 aromatic carbocycles. The summed E-state index contributed by atoms with van der Waals surface area (Å²) < 4.78 is 0. The van der Waals surface area contributed by atoms with Crippen molar-refractivity contribution in [2.45, 2.75) is 26.2 Å². The normalized spacial score (nSPS) is 13.4. The first kappa shape index (κ1) is 9.07. The summed E-state index contributed by atoms with van der Waals surface area (Å²) in [6.07, 6.45) is 1.12. The summed E-state index contributed by atoms with van der Waals surface area (Å²) in [4.78, 5) is 4.41. The Bertz CT molecular complexity index is 220. The van der Waals surface area contributed by atoms with Gasteiger partial charge < -0.3 is 0 Å². The Morgan fingerprint density at radius 3 is 2.91 bits per heavy atom. The van der Waals surface area contributed by atoms with Crippen LogP contribution in [0.4, 0.5) is 0 Å². The molecule has 0 bridgehead atoms. The van der Waals surface area contributed by atoms with Gasteiger partial charge in [-0.2, -0.15) is 12.6 Å². The molecule has 1 rings (SSSR count). The van der Waals surface area contributed by atoms with Crippen LogP contribution >= 0.6 is 24.0 Å². The van der Waals surface area contributed by atoms with E-state index in [0.717, 1.165) is 17.2 Å². The first-order valence-corrected chi connectivity index (χ1v) is 5.28. The summed E-state index contributed by atoms with van der Waals surface area (Å²) in [5.41, 5.74) is 1.22. The van der Waals surface area contributed by atoms with Crippen molar-refractivity contribution in [3.8, 4) is 0 Å². The summed E-state index contributed by atoms with van der Waals surface area (Å²) in [5.74, 6) is 1.51. The highest BCUT2D eigenvalue weighted by Crippen LogP contribution is 2.20. The number of thiol groups is 1. The molecule has 1 atom stereocenters. The Labute approximate surface area is 77.3 Å². The lowest BCUT2D eigenvalue weighted by Gasteiger charge is -2.04. The second kappa shape index (κ2) is 4.12. The Hall–Kier alpha value is -0.0200. The third kappa shape index (κ3) is 2.49. The SMILES string of the molecule is Cc1nc(C(C)CCS)cs1. The van der Waals surface area contributed by atoms with E-state index >= 15 is 0 Å². The summed E-state index contributed by atoms with van der Waals surface area (Å²) >= 11 is 5.92. The van der Waals surface area contributed by atoms with Gasteiger partial charge in [-0.25, -0.2) is 4.98 Å². The van der Waals surface area contributed by atoms with Gasteiger partial charge in [0.1, 0.15) is 0 Å². The largest absolute Gasteiger partial charge is 0.246 e. The first-order valence-electron chi connectivity index (χ1n) is 3.77. The number of aromatic nitrogens is 1. The molecule has 1 aromatic rings. The van der Waals surface area contributed by atoms with E-state index in [1.165, 1.54) is 5.69 Å². The molecule has 1 heterocycles. The average molecular weight is 187 g/mol. The van der Waals surface area contributed by atoms with Crippen LogP contribution in [0.1, 0.15) is 30.0 Å². The number of thiazole rings is 1. The summed E-state index contributed by atoms with van der Waals surface area (Å²) in [6.45, 7) is 4.24. The number of hydrogen-bond donors (Lipinski definition) is 1. The van der Waals surface area contributed by atoms with Crippen molar-refractivity contribution in [1.29, 1.82) is 0 Å². The number of rotatable bonds is 3. The molecule has 0 amide bonds. The minimum absolute atomic E-state index is 0.567. The fraction of sp³-hybridized carbons (Fsp3) is 0.625. The van der Waals surface area contributed by atoms with E-state index in [1.807, 2.05) is 6.92 Å². The zero-order valence-electron chi connectivity index (χ0n) is 6.87. The Morgan fingerprint density at radius 1 is 1.73 bits per heavy atom. The van der Waals surface area contributed by atoms with Crippen molar-refractivity contribution in [3.05, 3.63) is 16.1 Å². The average Bonchev–Trinajstić information content (AvgIpc) is 2.36. The maximum absolute atomic E-state index is 4.41. The van der Waals surface area contributed by atoms with Crippen LogP contribution < -0.4 is 0 Å². The summed E-state index contributed by atoms with van der Waals surface area (Å²) in [5, 5.41) is 3.30. The molecule has 0 radical (unpaired) electrons. The van der Waals surface area contributed by atoms with Gasteiger partial charge in [0.15, 0.2) is 0 Å². The molecule has 1 nitrogen and oxygen atoms in total. The van der Waals surface area contributed by atoms with Gasteiger partial charge in [-0.05, 0) is 25.0 Å². The highest BCUT2D eigenvalue weighted by Gasteiger charge is 2.06. The highest BCUT2D eigenvalue weighted by molar-refractivity contribution is 7.80. The molecule has 0 fully saturated rings. The van der Waals surface area contributed by atoms with Gasteiger partial charge in [-0.15, -0.1) is 11.3 Å². The summed E-state index contributed by atoms with van der Waals surface area (Å²) in [7, 11) is 0. The van der Waals surface area contributed by atoms with E-state index in [1.54, 1.807) is 11.3 Å². The molecule has 0 saturated heterocycles. The molecular formula is C8H13NS2. The van der Waals surface area contributed by atoms with Gasteiger partial charge in [0.2, 0.25) is 0 Å². The van der Waals surface area contributed by atoms with Crippen LogP contribution in [-0.4, -0.2) is 10.7 Å². The van der Waals surface area contributed by atoms with Crippen LogP contribution in [0.15, 0.2) is 5.38 Å². The van der Waals surface area contributed by atoms with Crippen LogP contribution in [0.5, 0.6) is 0 Å². The van der Waals surface area contributed by atoms with E-state index in [2.05, 4.69) is 29.9 Å². The molecule has 3 heteroatoms. The molecule has 0 saturated carbocycles. The predicted octanol–water partition coefficient (Wildman–Crippen LogP) is 2.87. The zero-order chi connectivity index (χ0) is 8.27. The predicted molar refractivity (Wildman–Crippen MR) is 53.7 cm³/mol.